The number of rotatable bonds is 7. The van der Waals surface area contributed by atoms with Crippen molar-refractivity contribution in [1.82, 2.24) is 15.2 Å². The summed E-state index contributed by atoms with van der Waals surface area (Å²) < 4.78 is 16.0. The van der Waals surface area contributed by atoms with Crippen LogP contribution in [0.15, 0.2) is 23.6 Å². The molecule has 2 saturated heterocycles. The third kappa shape index (κ3) is 5.59. The number of carboxylic acid groups (broad SMARTS) is 1. The van der Waals surface area contributed by atoms with Gasteiger partial charge in [0.1, 0.15) is 11.4 Å². The van der Waals surface area contributed by atoms with Crippen LogP contribution in [0.25, 0.3) is 11.6 Å². The first-order chi connectivity index (χ1) is 16.4. The van der Waals surface area contributed by atoms with Crippen LogP contribution in [0.5, 0.6) is 0 Å². The molecule has 2 aliphatic heterocycles. The molecule has 2 fully saturated rings. The first-order valence-corrected chi connectivity index (χ1v) is 13.8. The number of carbonyl (C=O) groups excluding carboxylic acids is 2. The van der Waals surface area contributed by atoms with Gasteiger partial charge in [0, 0.05) is 21.0 Å². The van der Waals surface area contributed by atoms with Crippen molar-refractivity contribution in [2.45, 2.75) is 17.6 Å². The lowest BCUT2D eigenvalue weighted by atomic mass is 10.0. The van der Waals surface area contributed by atoms with Gasteiger partial charge in [0.15, 0.2) is 11.4 Å². The smallest absolute Gasteiger partial charge is 0.450 e. The maximum absolute atomic E-state index is 13.3. The molecule has 1 aromatic carbocycles. The number of benzene rings is 1. The summed E-state index contributed by atoms with van der Waals surface area (Å²) in [6, 6.07) is 3.77. The molecule has 35 heavy (non-hydrogen) atoms. The molecule has 2 aromatic rings. The van der Waals surface area contributed by atoms with Crippen LogP contribution in [0, 0.1) is 0 Å². The largest absolute Gasteiger partial charge is 0.507 e. The molecule has 1 aromatic heterocycles. The highest BCUT2D eigenvalue weighted by Gasteiger charge is 2.57. The monoisotopic (exact) mass is 580 g/mol. The number of anilines is 1. The lowest BCUT2D eigenvalue weighted by Crippen LogP contribution is -2.69. The summed E-state index contributed by atoms with van der Waals surface area (Å²) in [6.45, 7) is 0. The van der Waals surface area contributed by atoms with Crippen LogP contribution in [-0.2, 0) is 18.9 Å². The molecule has 186 valence electrons. The number of ether oxygens (including phenoxy) is 1. The van der Waals surface area contributed by atoms with Crippen LogP contribution in [0.3, 0.4) is 0 Å². The van der Waals surface area contributed by atoms with Gasteiger partial charge in [-0.3, -0.25) is 19.6 Å². The number of aromatic nitrogens is 1. The molecular formula is C18H15Cl2N4O8PS2. The predicted molar refractivity (Wildman–Crippen MR) is 130 cm³/mol. The van der Waals surface area contributed by atoms with Crippen LogP contribution in [0.4, 0.5) is 9.93 Å². The third-order valence-electron chi connectivity index (χ3n) is 4.88. The summed E-state index contributed by atoms with van der Waals surface area (Å²) in [6.07, 6.45) is -1.10. The van der Waals surface area contributed by atoms with Gasteiger partial charge in [0.2, 0.25) is 0 Å². The van der Waals surface area contributed by atoms with Gasteiger partial charge in [-0.05, 0) is 18.2 Å². The van der Waals surface area contributed by atoms with Crippen LogP contribution < -0.4 is 10.4 Å². The van der Waals surface area contributed by atoms with Gasteiger partial charge >= 0.3 is 13.9 Å². The average Bonchev–Trinajstić information content (AvgIpc) is 3.34. The number of amides is 2. The highest BCUT2D eigenvalue weighted by atomic mass is 35.5. The van der Waals surface area contributed by atoms with Gasteiger partial charge in [-0.1, -0.05) is 29.3 Å². The standard InChI is InChI=1S/C18H15Cl2N4O8PS2/c19-9-2-1-3-10(20)7(9)4-8(11-5-35-17(21-11)23-33(29,30)31)14(25)22-13-15(26)24-12(32-18(27)28)6-34-16(13)24/h1-5,12-13,16H,6H2,(H,22,25)(H,27,28)(H3,21,23,29,30,31)/b8-4-/t12?,13?,16-/m0/s1. The van der Waals surface area contributed by atoms with E-state index in [1.807, 2.05) is 5.09 Å². The zero-order valence-electron chi connectivity index (χ0n) is 17.1. The van der Waals surface area contributed by atoms with Crippen LogP contribution in [0.1, 0.15) is 11.3 Å². The second kappa shape index (κ2) is 9.97. The molecule has 4 rings (SSSR count). The van der Waals surface area contributed by atoms with Crippen molar-refractivity contribution in [2.24, 2.45) is 0 Å². The Labute approximate surface area is 215 Å². The SMILES string of the molecule is O=C(O)OC1CS[C@H]2C(NC(=O)/C(=C\c3c(Cl)cccc3Cl)c3csc(NP(=O)(O)O)n3)C(=O)N12. The molecular weight excluding hydrogens is 566 g/mol. The molecule has 12 nitrogen and oxygen atoms in total. The zero-order chi connectivity index (χ0) is 25.5. The van der Waals surface area contributed by atoms with Crippen molar-refractivity contribution in [3.05, 3.63) is 44.9 Å². The van der Waals surface area contributed by atoms with Crippen LogP contribution in [-0.4, -0.2) is 66.1 Å². The van der Waals surface area contributed by atoms with Crippen LogP contribution in [0.2, 0.25) is 10.0 Å². The zero-order valence-corrected chi connectivity index (χ0v) is 21.2. The van der Waals surface area contributed by atoms with E-state index in [1.165, 1.54) is 28.1 Å². The Hall–Kier alpha value is -2.32. The van der Waals surface area contributed by atoms with E-state index in [9.17, 15) is 18.9 Å². The van der Waals surface area contributed by atoms with Gasteiger partial charge in [-0.2, -0.15) is 0 Å². The van der Waals surface area contributed by atoms with Crippen molar-refractivity contribution >= 4 is 88.8 Å². The Bertz CT molecular complexity index is 1260. The molecule has 0 spiro atoms. The molecule has 0 radical (unpaired) electrons. The number of carbonyl (C=O) groups is 3. The first kappa shape index (κ1) is 25.8. The number of thiazole rings is 1. The fraction of sp³-hybridized carbons (Fsp3) is 0.222. The molecule has 2 amide bonds. The van der Waals surface area contributed by atoms with Gasteiger partial charge < -0.3 is 24.9 Å². The fourth-order valence-electron chi connectivity index (χ4n) is 3.41. The molecule has 0 saturated carbocycles. The highest BCUT2D eigenvalue weighted by Crippen LogP contribution is 2.41. The van der Waals surface area contributed by atoms with E-state index < -0.39 is 43.4 Å². The van der Waals surface area contributed by atoms with E-state index in [-0.39, 0.29) is 32.2 Å². The van der Waals surface area contributed by atoms with Gasteiger partial charge in [-0.25, -0.2) is 14.3 Å². The number of β-lactam (4-membered cyclic amide) rings is 1. The molecule has 2 unspecified atom stereocenters. The number of hydrogen-bond acceptors (Lipinski definition) is 8. The minimum atomic E-state index is -4.64. The molecule has 2 aliphatic rings. The molecule has 3 atom stereocenters. The van der Waals surface area contributed by atoms with E-state index in [4.69, 9.17) is 42.8 Å². The lowest BCUT2D eigenvalue weighted by Gasteiger charge is -2.43. The predicted octanol–water partition coefficient (Wildman–Crippen LogP) is 2.92. The summed E-state index contributed by atoms with van der Waals surface area (Å²) in [5, 5.41) is 14.6. The summed E-state index contributed by atoms with van der Waals surface area (Å²) in [5.74, 6) is -1.02. The topological polar surface area (TPSA) is 178 Å². The van der Waals surface area contributed by atoms with Crippen molar-refractivity contribution in [3.63, 3.8) is 0 Å². The van der Waals surface area contributed by atoms with E-state index in [1.54, 1.807) is 18.2 Å². The summed E-state index contributed by atoms with van der Waals surface area (Å²) in [5.41, 5.74) is 0.280. The number of hydrogen-bond donors (Lipinski definition) is 5. The van der Waals surface area contributed by atoms with Crippen molar-refractivity contribution in [3.8, 4) is 0 Å². The molecule has 17 heteroatoms. The lowest BCUT2D eigenvalue weighted by molar-refractivity contribution is -0.159. The maximum Gasteiger partial charge on any atom is 0.507 e. The highest BCUT2D eigenvalue weighted by molar-refractivity contribution is 8.00. The normalized spacial score (nSPS) is 21.8. The Morgan fingerprint density at radius 1 is 1.29 bits per heavy atom. The van der Waals surface area contributed by atoms with E-state index in [0.717, 1.165) is 11.3 Å². The summed E-state index contributed by atoms with van der Waals surface area (Å²) >= 11 is 14.6. The summed E-state index contributed by atoms with van der Waals surface area (Å²) in [4.78, 5) is 60.3. The number of nitrogens with one attached hydrogen (secondary N) is 2. The Morgan fingerprint density at radius 2 is 1.97 bits per heavy atom. The minimum Gasteiger partial charge on any atom is -0.450 e. The van der Waals surface area contributed by atoms with E-state index in [2.05, 4.69) is 10.3 Å². The number of halogens is 2. The molecule has 3 heterocycles. The second-order valence-electron chi connectivity index (χ2n) is 7.15. The first-order valence-electron chi connectivity index (χ1n) is 9.54. The van der Waals surface area contributed by atoms with Crippen molar-refractivity contribution < 1.29 is 38.6 Å². The van der Waals surface area contributed by atoms with Gasteiger partial charge in [-0.15, -0.1) is 23.1 Å². The van der Waals surface area contributed by atoms with Gasteiger partial charge in [0.25, 0.3) is 11.8 Å². The van der Waals surface area contributed by atoms with E-state index >= 15 is 0 Å². The third-order valence-corrected chi connectivity index (χ3v) is 8.27. The van der Waals surface area contributed by atoms with Crippen molar-refractivity contribution in [1.29, 1.82) is 0 Å². The number of nitrogens with zero attached hydrogens (tertiary/aromatic N) is 2. The second-order valence-corrected chi connectivity index (χ2v) is 11.3. The molecule has 0 bridgehead atoms. The van der Waals surface area contributed by atoms with Crippen molar-refractivity contribution in [2.75, 3.05) is 10.8 Å². The number of fused-ring (bicyclic) bond motifs is 1. The minimum absolute atomic E-state index is 0.0502. The quantitative estimate of drug-likeness (QED) is 0.141. The molecule has 0 aliphatic carbocycles. The summed E-state index contributed by atoms with van der Waals surface area (Å²) in [7, 11) is -4.64. The van der Waals surface area contributed by atoms with Crippen LogP contribution >= 0.6 is 54.0 Å². The average molecular weight is 581 g/mol. The van der Waals surface area contributed by atoms with E-state index in [0.29, 0.717) is 5.56 Å². The number of thioether (sulfide) groups is 1. The Balaban J connectivity index is 1.62. The Morgan fingerprint density at radius 3 is 2.60 bits per heavy atom. The maximum atomic E-state index is 13.3. The van der Waals surface area contributed by atoms with Gasteiger partial charge in [0.05, 0.1) is 17.0 Å². The Kier molecular flexibility index (Phi) is 7.34. The molecule has 5 N–H and O–H groups in total. The fourth-order valence-corrected chi connectivity index (χ4v) is 6.71.